The van der Waals surface area contributed by atoms with Crippen LogP contribution in [0.25, 0.3) is 6.08 Å². The number of aromatic nitrogens is 1. The zero-order valence-corrected chi connectivity index (χ0v) is 9.59. The minimum Gasteiger partial charge on any atom is -0.351 e. The van der Waals surface area contributed by atoms with Gasteiger partial charge in [0.2, 0.25) is 0 Å². The summed E-state index contributed by atoms with van der Waals surface area (Å²) in [5.41, 5.74) is 6.05. The zero-order valence-electron chi connectivity index (χ0n) is 9.59. The molecular weight excluding hydrogens is 170 g/mol. The lowest BCUT2D eigenvalue weighted by Gasteiger charge is -2.14. The third-order valence-electron chi connectivity index (χ3n) is 3.14. The first-order chi connectivity index (χ1) is 6.59. The number of hydrogen-bond donors (Lipinski definition) is 0. The van der Waals surface area contributed by atoms with Crippen molar-refractivity contribution < 1.29 is 0 Å². The molecule has 0 atom stereocenters. The fraction of sp³-hybridized carbons (Fsp3) is 0.538. The predicted octanol–water partition coefficient (Wildman–Crippen LogP) is 3.50. The molecule has 0 radical (unpaired) electrons. The van der Waals surface area contributed by atoms with E-state index in [1.54, 1.807) is 5.56 Å². The van der Waals surface area contributed by atoms with E-state index in [9.17, 15) is 0 Å². The highest BCUT2D eigenvalue weighted by Crippen LogP contribution is 2.31. The van der Waals surface area contributed by atoms with E-state index in [-0.39, 0.29) is 0 Å². The molecule has 0 spiro atoms. The minimum absolute atomic E-state index is 0.650. The maximum atomic E-state index is 2.34. The monoisotopic (exact) mass is 189 g/mol. The van der Waals surface area contributed by atoms with Crippen LogP contribution in [-0.2, 0) is 13.5 Å². The van der Waals surface area contributed by atoms with Crippen molar-refractivity contribution in [1.29, 1.82) is 0 Å². The molecule has 1 heteroatoms. The van der Waals surface area contributed by atoms with Gasteiger partial charge in [-0.15, -0.1) is 0 Å². The molecule has 0 bridgehead atoms. The van der Waals surface area contributed by atoms with Gasteiger partial charge in [-0.2, -0.15) is 0 Å². The first-order valence-electron chi connectivity index (χ1n) is 5.45. The number of hydrogen-bond acceptors (Lipinski definition) is 0. The van der Waals surface area contributed by atoms with E-state index in [0.717, 1.165) is 0 Å². The lowest BCUT2D eigenvalue weighted by molar-refractivity contribution is 0.829. The molecule has 0 unspecified atom stereocenters. The van der Waals surface area contributed by atoms with Gasteiger partial charge in [-0.05, 0) is 42.9 Å². The van der Waals surface area contributed by atoms with Crippen LogP contribution in [0.5, 0.6) is 0 Å². The predicted molar refractivity (Wildman–Crippen MR) is 61.5 cm³/mol. The van der Waals surface area contributed by atoms with E-state index in [2.05, 4.69) is 44.7 Å². The van der Waals surface area contributed by atoms with Crippen LogP contribution in [0.3, 0.4) is 0 Å². The van der Waals surface area contributed by atoms with E-state index in [1.807, 2.05) is 0 Å². The standard InChI is InChI=1S/C13H19N/c1-9(2)12-8-14(4)13-7-10(3)5-6-11(12)13/h7-9H,5-6H2,1-4H3. The van der Waals surface area contributed by atoms with Crippen LogP contribution in [-0.4, -0.2) is 4.57 Å². The molecule has 0 aliphatic heterocycles. The number of allylic oxidation sites excluding steroid dienone is 1. The van der Waals surface area contributed by atoms with E-state index in [4.69, 9.17) is 0 Å². The van der Waals surface area contributed by atoms with Crippen molar-refractivity contribution in [1.82, 2.24) is 4.57 Å². The Labute approximate surface area is 86.4 Å². The Bertz CT molecular complexity index is 380. The minimum atomic E-state index is 0.650. The second kappa shape index (κ2) is 3.30. The second-order valence-corrected chi connectivity index (χ2v) is 4.70. The lowest BCUT2D eigenvalue weighted by atomic mass is 9.92. The number of rotatable bonds is 1. The van der Waals surface area contributed by atoms with Gasteiger partial charge in [0.1, 0.15) is 0 Å². The van der Waals surface area contributed by atoms with Gasteiger partial charge in [-0.1, -0.05) is 19.4 Å². The molecule has 1 aromatic heterocycles. The zero-order chi connectivity index (χ0) is 10.3. The third kappa shape index (κ3) is 1.41. The van der Waals surface area contributed by atoms with Crippen LogP contribution in [0.4, 0.5) is 0 Å². The molecule has 1 aliphatic rings. The van der Waals surface area contributed by atoms with Crippen molar-refractivity contribution in [3.8, 4) is 0 Å². The normalized spacial score (nSPS) is 15.6. The molecule has 1 nitrogen and oxygen atoms in total. The Morgan fingerprint density at radius 1 is 1.29 bits per heavy atom. The highest BCUT2D eigenvalue weighted by molar-refractivity contribution is 5.59. The Balaban J connectivity index is 2.55. The smallest absolute Gasteiger partial charge is 0.0439 e. The van der Waals surface area contributed by atoms with E-state index in [0.29, 0.717) is 5.92 Å². The van der Waals surface area contributed by atoms with Crippen molar-refractivity contribution in [2.45, 2.75) is 39.5 Å². The van der Waals surface area contributed by atoms with Crippen molar-refractivity contribution in [2.75, 3.05) is 0 Å². The van der Waals surface area contributed by atoms with Gasteiger partial charge in [-0.25, -0.2) is 0 Å². The quantitative estimate of drug-likeness (QED) is 0.637. The summed E-state index contributed by atoms with van der Waals surface area (Å²) in [5, 5.41) is 0. The Hall–Kier alpha value is -0.980. The number of aryl methyl sites for hydroxylation is 1. The Morgan fingerprint density at radius 3 is 2.64 bits per heavy atom. The Kier molecular flexibility index (Phi) is 2.26. The summed E-state index contributed by atoms with van der Waals surface area (Å²) in [6, 6.07) is 0. The maximum Gasteiger partial charge on any atom is 0.0439 e. The highest BCUT2D eigenvalue weighted by Gasteiger charge is 2.17. The molecule has 0 saturated carbocycles. The molecular formula is C13H19N. The van der Waals surface area contributed by atoms with Crippen molar-refractivity contribution >= 4 is 6.08 Å². The molecule has 0 N–H and O–H groups in total. The van der Waals surface area contributed by atoms with Crippen LogP contribution in [0.1, 0.15) is 49.9 Å². The summed E-state index contributed by atoms with van der Waals surface area (Å²) in [5.74, 6) is 0.650. The molecule has 0 amide bonds. The summed E-state index contributed by atoms with van der Waals surface area (Å²) >= 11 is 0. The van der Waals surface area contributed by atoms with Gasteiger partial charge in [-0.3, -0.25) is 0 Å². The summed E-state index contributed by atoms with van der Waals surface area (Å²) in [6.07, 6.45) is 7.10. The number of nitrogens with zero attached hydrogens (tertiary/aromatic N) is 1. The first kappa shape index (κ1) is 9.57. The fourth-order valence-corrected chi connectivity index (χ4v) is 2.30. The largest absolute Gasteiger partial charge is 0.351 e. The third-order valence-corrected chi connectivity index (χ3v) is 3.14. The summed E-state index contributed by atoms with van der Waals surface area (Å²) in [4.78, 5) is 0. The van der Waals surface area contributed by atoms with E-state index < -0.39 is 0 Å². The molecule has 2 rings (SSSR count). The topological polar surface area (TPSA) is 4.93 Å². The van der Waals surface area contributed by atoms with Crippen molar-refractivity contribution in [2.24, 2.45) is 7.05 Å². The second-order valence-electron chi connectivity index (χ2n) is 4.70. The van der Waals surface area contributed by atoms with Crippen molar-refractivity contribution in [3.63, 3.8) is 0 Å². The van der Waals surface area contributed by atoms with Gasteiger partial charge in [0.25, 0.3) is 0 Å². The molecule has 0 fully saturated rings. The first-order valence-corrected chi connectivity index (χ1v) is 5.45. The maximum absolute atomic E-state index is 2.34. The molecule has 1 aromatic rings. The van der Waals surface area contributed by atoms with E-state index >= 15 is 0 Å². The highest BCUT2D eigenvalue weighted by atomic mass is 14.9. The van der Waals surface area contributed by atoms with Crippen LogP contribution < -0.4 is 0 Å². The van der Waals surface area contributed by atoms with Gasteiger partial charge < -0.3 is 4.57 Å². The average molecular weight is 189 g/mol. The van der Waals surface area contributed by atoms with Crippen molar-refractivity contribution in [3.05, 3.63) is 28.6 Å². The molecule has 1 heterocycles. The van der Waals surface area contributed by atoms with Crippen LogP contribution in [0.2, 0.25) is 0 Å². The molecule has 1 aliphatic carbocycles. The molecule has 76 valence electrons. The van der Waals surface area contributed by atoms with Gasteiger partial charge in [0.05, 0.1) is 0 Å². The summed E-state index contributed by atoms with van der Waals surface area (Å²) in [6.45, 7) is 6.78. The Morgan fingerprint density at radius 2 is 2.00 bits per heavy atom. The molecule has 0 aromatic carbocycles. The summed E-state index contributed by atoms with van der Waals surface area (Å²) < 4.78 is 2.27. The van der Waals surface area contributed by atoms with Gasteiger partial charge >= 0.3 is 0 Å². The molecule has 14 heavy (non-hydrogen) atoms. The fourth-order valence-electron chi connectivity index (χ4n) is 2.30. The van der Waals surface area contributed by atoms with Gasteiger partial charge in [0.15, 0.2) is 0 Å². The van der Waals surface area contributed by atoms with Crippen LogP contribution in [0.15, 0.2) is 11.8 Å². The van der Waals surface area contributed by atoms with E-state index in [1.165, 1.54) is 29.7 Å². The summed E-state index contributed by atoms with van der Waals surface area (Å²) in [7, 11) is 2.15. The van der Waals surface area contributed by atoms with Crippen LogP contribution in [0, 0.1) is 0 Å². The van der Waals surface area contributed by atoms with Crippen LogP contribution >= 0.6 is 0 Å². The average Bonchev–Trinajstić information content (AvgIpc) is 2.44. The SMILES string of the molecule is CC1=Cc2c(c(C(C)C)cn2C)CC1. The van der Waals surface area contributed by atoms with Gasteiger partial charge in [0, 0.05) is 18.9 Å². The molecule has 0 saturated heterocycles. The lowest BCUT2D eigenvalue weighted by Crippen LogP contribution is -2.01. The number of fused-ring (bicyclic) bond motifs is 1.